The molecule has 0 aliphatic heterocycles. The monoisotopic (exact) mass is 210 g/mol. The summed E-state index contributed by atoms with van der Waals surface area (Å²) in [4.78, 5) is 0. The van der Waals surface area contributed by atoms with Gasteiger partial charge in [0, 0.05) is 11.1 Å². The minimum atomic E-state index is -0.0873. The molecular formula is C13H26N2. The van der Waals surface area contributed by atoms with Gasteiger partial charge in [0.05, 0.1) is 0 Å². The van der Waals surface area contributed by atoms with Gasteiger partial charge in [-0.3, -0.25) is 0 Å². The SMILES string of the molecule is CC1CCC(N)(C2(N)CCCCC2C)C1. The van der Waals surface area contributed by atoms with Gasteiger partial charge in [0.2, 0.25) is 0 Å². The summed E-state index contributed by atoms with van der Waals surface area (Å²) in [7, 11) is 0. The van der Waals surface area contributed by atoms with Gasteiger partial charge in [-0.1, -0.05) is 26.7 Å². The molecular weight excluding hydrogens is 184 g/mol. The van der Waals surface area contributed by atoms with Crippen LogP contribution in [-0.2, 0) is 0 Å². The molecule has 0 aromatic heterocycles. The smallest absolute Gasteiger partial charge is 0.0362 e. The maximum atomic E-state index is 6.68. The van der Waals surface area contributed by atoms with Gasteiger partial charge < -0.3 is 11.5 Å². The van der Waals surface area contributed by atoms with Crippen molar-refractivity contribution in [3.8, 4) is 0 Å². The highest BCUT2D eigenvalue weighted by Crippen LogP contribution is 2.47. The van der Waals surface area contributed by atoms with Gasteiger partial charge in [0.1, 0.15) is 0 Å². The van der Waals surface area contributed by atoms with Gasteiger partial charge in [-0.25, -0.2) is 0 Å². The van der Waals surface area contributed by atoms with Crippen molar-refractivity contribution < 1.29 is 0 Å². The van der Waals surface area contributed by atoms with Crippen molar-refractivity contribution in [1.29, 1.82) is 0 Å². The molecule has 0 heterocycles. The Balaban J connectivity index is 2.19. The number of hydrogen-bond donors (Lipinski definition) is 2. The van der Waals surface area contributed by atoms with Gasteiger partial charge in [-0.2, -0.15) is 0 Å². The van der Waals surface area contributed by atoms with E-state index in [2.05, 4.69) is 13.8 Å². The molecule has 2 rings (SSSR count). The van der Waals surface area contributed by atoms with Crippen molar-refractivity contribution in [2.45, 2.75) is 69.9 Å². The van der Waals surface area contributed by atoms with Gasteiger partial charge in [0.25, 0.3) is 0 Å². The molecule has 0 saturated heterocycles. The lowest BCUT2D eigenvalue weighted by atomic mass is 9.62. The molecule has 0 radical (unpaired) electrons. The van der Waals surface area contributed by atoms with Crippen LogP contribution >= 0.6 is 0 Å². The molecule has 15 heavy (non-hydrogen) atoms. The fourth-order valence-electron chi connectivity index (χ4n) is 3.86. The molecule has 0 amide bonds. The van der Waals surface area contributed by atoms with Crippen LogP contribution < -0.4 is 11.5 Å². The van der Waals surface area contributed by atoms with Crippen molar-refractivity contribution in [2.24, 2.45) is 23.3 Å². The Morgan fingerprint density at radius 3 is 2.27 bits per heavy atom. The molecule has 2 heteroatoms. The Hall–Kier alpha value is -0.0800. The fourth-order valence-corrected chi connectivity index (χ4v) is 3.86. The van der Waals surface area contributed by atoms with Crippen LogP contribution in [0.1, 0.15) is 58.8 Å². The van der Waals surface area contributed by atoms with E-state index in [0.717, 1.165) is 25.2 Å². The fraction of sp³-hybridized carbons (Fsp3) is 1.00. The molecule has 0 aromatic rings. The highest BCUT2D eigenvalue weighted by molar-refractivity contribution is 5.13. The van der Waals surface area contributed by atoms with Crippen LogP contribution in [0, 0.1) is 11.8 Å². The van der Waals surface area contributed by atoms with Crippen LogP contribution in [0.4, 0.5) is 0 Å². The maximum absolute atomic E-state index is 6.68. The molecule has 4 N–H and O–H groups in total. The minimum absolute atomic E-state index is 0.0771. The third-order valence-electron chi connectivity index (χ3n) is 5.08. The number of nitrogens with two attached hydrogens (primary N) is 2. The zero-order valence-electron chi connectivity index (χ0n) is 10.3. The molecule has 2 aliphatic carbocycles. The van der Waals surface area contributed by atoms with Crippen LogP contribution in [0.15, 0.2) is 0 Å². The molecule has 2 aliphatic rings. The molecule has 4 atom stereocenters. The van der Waals surface area contributed by atoms with Crippen LogP contribution in [0.2, 0.25) is 0 Å². The van der Waals surface area contributed by atoms with E-state index in [1.165, 1.54) is 25.7 Å². The Bertz CT molecular complexity index is 241. The molecule has 2 nitrogen and oxygen atoms in total. The molecule has 0 bridgehead atoms. The summed E-state index contributed by atoms with van der Waals surface area (Å²) >= 11 is 0. The van der Waals surface area contributed by atoms with E-state index in [9.17, 15) is 0 Å². The molecule has 2 fully saturated rings. The largest absolute Gasteiger partial charge is 0.324 e. The van der Waals surface area contributed by atoms with Crippen LogP contribution in [0.5, 0.6) is 0 Å². The van der Waals surface area contributed by atoms with E-state index >= 15 is 0 Å². The van der Waals surface area contributed by atoms with E-state index in [1.54, 1.807) is 0 Å². The predicted octanol–water partition coefficient (Wildman–Crippen LogP) is 2.41. The summed E-state index contributed by atoms with van der Waals surface area (Å²) in [6, 6.07) is 0. The second-order valence-corrected chi connectivity index (χ2v) is 6.19. The van der Waals surface area contributed by atoms with E-state index in [1.807, 2.05) is 0 Å². The topological polar surface area (TPSA) is 52.0 Å². The number of hydrogen-bond acceptors (Lipinski definition) is 2. The first-order valence-corrected chi connectivity index (χ1v) is 6.56. The van der Waals surface area contributed by atoms with Crippen molar-refractivity contribution in [1.82, 2.24) is 0 Å². The van der Waals surface area contributed by atoms with Gasteiger partial charge in [0.15, 0.2) is 0 Å². The van der Waals surface area contributed by atoms with Crippen molar-refractivity contribution in [3.05, 3.63) is 0 Å². The Kier molecular flexibility index (Phi) is 2.85. The van der Waals surface area contributed by atoms with E-state index in [-0.39, 0.29) is 11.1 Å². The quantitative estimate of drug-likeness (QED) is 0.698. The third-order valence-corrected chi connectivity index (χ3v) is 5.08. The summed E-state index contributed by atoms with van der Waals surface area (Å²) in [6.07, 6.45) is 8.55. The average Bonchev–Trinajstić information content (AvgIpc) is 2.53. The highest BCUT2D eigenvalue weighted by atomic mass is 14.9. The first kappa shape index (κ1) is 11.4. The summed E-state index contributed by atoms with van der Waals surface area (Å²) in [5.74, 6) is 1.37. The lowest BCUT2D eigenvalue weighted by molar-refractivity contribution is 0.101. The zero-order chi connectivity index (χ0) is 11.1. The lowest BCUT2D eigenvalue weighted by Crippen LogP contribution is -2.68. The van der Waals surface area contributed by atoms with Gasteiger partial charge >= 0.3 is 0 Å². The Morgan fingerprint density at radius 1 is 1.00 bits per heavy atom. The summed E-state index contributed by atoms with van der Waals surface area (Å²) in [6.45, 7) is 4.61. The molecule has 4 unspecified atom stereocenters. The van der Waals surface area contributed by atoms with Gasteiger partial charge in [-0.15, -0.1) is 0 Å². The molecule has 2 saturated carbocycles. The summed E-state index contributed by atoms with van der Waals surface area (Å²) < 4.78 is 0. The number of rotatable bonds is 1. The second-order valence-electron chi connectivity index (χ2n) is 6.19. The molecule has 88 valence electrons. The standard InChI is InChI=1S/C13H26N2/c1-10-6-8-12(14,9-10)13(15)7-4-3-5-11(13)2/h10-11H,3-9,14-15H2,1-2H3. The molecule has 0 spiro atoms. The highest BCUT2D eigenvalue weighted by Gasteiger charge is 2.52. The Morgan fingerprint density at radius 2 is 1.73 bits per heavy atom. The lowest BCUT2D eigenvalue weighted by Gasteiger charge is -2.50. The van der Waals surface area contributed by atoms with Gasteiger partial charge in [-0.05, 0) is 43.9 Å². The minimum Gasteiger partial charge on any atom is -0.324 e. The van der Waals surface area contributed by atoms with Crippen LogP contribution in [-0.4, -0.2) is 11.1 Å². The average molecular weight is 210 g/mol. The summed E-state index contributed by atoms with van der Waals surface area (Å²) in [5, 5.41) is 0. The predicted molar refractivity (Wildman–Crippen MR) is 64.5 cm³/mol. The maximum Gasteiger partial charge on any atom is 0.0362 e. The normalized spacial score (nSPS) is 52.0. The van der Waals surface area contributed by atoms with E-state index in [4.69, 9.17) is 11.5 Å². The Labute approximate surface area is 93.8 Å². The molecule has 0 aromatic carbocycles. The summed E-state index contributed by atoms with van der Waals surface area (Å²) in [5.41, 5.74) is 13.1. The third kappa shape index (κ3) is 1.72. The first-order valence-electron chi connectivity index (χ1n) is 6.56. The van der Waals surface area contributed by atoms with E-state index < -0.39 is 0 Å². The van der Waals surface area contributed by atoms with Crippen molar-refractivity contribution in [3.63, 3.8) is 0 Å². The second kappa shape index (κ2) is 3.74. The first-order chi connectivity index (χ1) is 6.98. The van der Waals surface area contributed by atoms with Crippen molar-refractivity contribution in [2.75, 3.05) is 0 Å². The van der Waals surface area contributed by atoms with Crippen LogP contribution in [0.3, 0.4) is 0 Å². The zero-order valence-corrected chi connectivity index (χ0v) is 10.3. The van der Waals surface area contributed by atoms with E-state index in [0.29, 0.717) is 5.92 Å². The van der Waals surface area contributed by atoms with Crippen LogP contribution in [0.25, 0.3) is 0 Å². The van der Waals surface area contributed by atoms with Crippen molar-refractivity contribution >= 4 is 0 Å².